The smallest absolute Gasteiger partial charge is 0.241 e. The van der Waals surface area contributed by atoms with Gasteiger partial charge in [0.25, 0.3) is 0 Å². The zero-order valence-corrected chi connectivity index (χ0v) is 21.4. The lowest BCUT2D eigenvalue weighted by molar-refractivity contribution is 0.214. The van der Waals surface area contributed by atoms with Crippen LogP contribution in [-0.2, 0) is 16.4 Å². The number of aliphatic hydroxyl groups is 1. The molecule has 3 N–H and O–H groups in total. The minimum absolute atomic E-state index is 0.185. The summed E-state index contributed by atoms with van der Waals surface area (Å²) >= 11 is 0. The lowest BCUT2D eigenvalue weighted by Crippen LogP contribution is -2.35. The standard InChI is InChI=1S/C29H38N2O3S/c1-22-9-11-23(12-10-22)17-26(21-32)19-30-18-24-13-15-25(16-14-24)20-31-35(33,34)29-8-4-6-27-5-2-3-7-28(27)29/h2-12,24-26,30-32H,13-21H2,1H3. The molecule has 0 saturated heterocycles. The fraction of sp³-hybridized carbons (Fsp3) is 0.448. The molecule has 1 aliphatic carbocycles. The molecule has 3 aromatic rings. The molecule has 0 aromatic heterocycles. The van der Waals surface area contributed by atoms with Gasteiger partial charge in [-0.05, 0) is 80.3 Å². The van der Waals surface area contributed by atoms with E-state index in [9.17, 15) is 13.5 Å². The summed E-state index contributed by atoms with van der Waals surface area (Å²) in [7, 11) is -3.54. The number of aliphatic hydroxyl groups excluding tert-OH is 1. The van der Waals surface area contributed by atoms with Crippen LogP contribution in [0.2, 0.25) is 0 Å². The number of benzene rings is 3. The number of aryl methyl sites for hydroxylation is 1. The highest BCUT2D eigenvalue weighted by Crippen LogP contribution is 2.29. The van der Waals surface area contributed by atoms with Gasteiger partial charge in [0.15, 0.2) is 0 Å². The van der Waals surface area contributed by atoms with Gasteiger partial charge in [-0.2, -0.15) is 0 Å². The van der Waals surface area contributed by atoms with Crippen LogP contribution in [0.1, 0.15) is 36.8 Å². The molecular formula is C29H38N2O3S. The summed E-state index contributed by atoms with van der Waals surface area (Å²) in [6.07, 6.45) is 5.17. The first-order valence-corrected chi connectivity index (χ1v) is 14.3. The van der Waals surface area contributed by atoms with Crippen LogP contribution in [0.5, 0.6) is 0 Å². The second-order valence-corrected chi connectivity index (χ2v) is 11.8. The third kappa shape index (κ3) is 7.14. The van der Waals surface area contributed by atoms with Crippen molar-refractivity contribution in [2.75, 3.05) is 26.2 Å². The van der Waals surface area contributed by atoms with Gasteiger partial charge >= 0.3 is 0 Å². The monoisotopic (exact) mass is 494 g/mol. The molecule has 35 heavy (non-hydrogen) atoms. The van der Waals surface area contributed by atoms with Crippen molar-refractivity contribution in [3.63, 3.8) is 0 Å². The van der Waals surface area contributed by atoms with Crippen LogP contribution in [0.4, 0.5) is 0 Å². The van der Waals surface area contributed by atoms with E-state index in [0.29, 0.717) is 23.3 Å². The zero-order valence-electron chi connectivity index (χ0n) is 20.6. The summed E-state index contributed by atoms with van der Waals surface area (Å²) in [5.41, 5.74) is 2.52. The third-order valence-electron chi connectivity index (χ3n) is 7.34. The van der Waals surface area contributed by atoms with Crippen molar-refractivity contribution in [3.05, 3.63) is 77.9 Å². The van der Waals surface area contributed by atoms with E-state index >= 15 is 0 Å². The highest BCUT2D eigenvalue weighted by molar-refractivity contribution is 7.89. The van der Waals surface area contributed by atoms with Crippen molar-refractivity contribution < 1.29 is 13.5 Å². The highest BCUT2D eigenvalue weighted by atomic mass is 32.2. The quantitative estimate of drug-likeness (QED) is 0.362. The second-order valence-electron chi connectivity index (χ2n) is 10.1. The molecule has 1 atom stereocenters. The van der Waals surface area contributed by atoms with Crippen LogP contribution in [0.3, 0.4) is 0 Å². The van der Waals surface area contributed by atoms with Crippen molar-refractivity contribution in [2.24, 2.45) is 17.8 Å². The van der Waals surface area contributed by atoms with E-state index in [1.165, 1.54) is 11.1 Å². The molecule has 0 radical (unpaired) electrons. The summed E-state index contributed by atoms with van der Waals surface area (Å²) in [6.45, 7) is 4.54. The van der Waals surface area contributed by atoms with E-state index in [0.717, 1.165) is 56.0 Å². The van der Waals surface area contributed by atoms with Crippen molar-refractivity contribution in [2.45, 2.75) is 43.9 Å². The average Bonchev–Trinajstić information content (AvgIpc) is 2.88. The molecule has 0 bridgehead atoms. The number of fused-ring (bicyclic) bond motifs is 1. The van der Waals surface area contributed by atoms with Crippen LogP contribution in [0.15, 0.2) is 71.6 Å². The summed E-state index contributed by atoms with van der Waals surface area (Å²) in [6, 6.07) is 21.6. The molecule has 5 nitrogen and oxygen atoms in total. The van der Waals surface area contributed by atoms with Gasteiger partial charge in [-0.25, -0.2) is 13.1 Å². The summed E-state index contributed by atoms with van der Waals surface area (Å²) in [5, 5.41) is 15.1. The molecule has 6 heteroatoms. The molecule has 1 fully saturated rings. The van der Waals surface area contributed by atoms with E-state index < -0.39 is 10.0 Å². The first kappa shape index (κ1) is 25.8. The number of hydrogen-bond acceptors (Lipinski definition) is 4. The fourth-order valence-electron chi connectivity index (χ4n) is 5.13. The number of hydrogen-bond donors (Lipinski definition) is 3. The van der Waals surface area contributed by atoms with E-state index in [-0.39, 0.29) is 12.5 Å². The first-order chi connectivity index (χ1) is 16.9. The van der Waals surface area contributed by atoms with E-state index in [1.54, 1.807) is 12.1 Å². The number of nitrogens with one attached hydrogen (secondary N) is 2. The molecule has 4 rings (SSSR count). The largest absolute Gasteiger partial charge is 0.396 e. The van der Waals surface area contributed by atoms with Gasteiger partial charge in [0, 0.05) is 25.1 Å². The second kappa shape index (κ2) is 12.1. The SMILES string of the molecule is Cc1ccc(CC(CO)CNCC2CCC(CNS(=O)(=O)c3cccc4ccccc34)CC2)cc1. The summed E-state index contributed by atoms with van der Waals surface area (Å²) in [4.78, 5) is 0.359. The van der Waals surface area contributed by atoms with Gasteiger partial charge in [0.05, 0.1) is 4.90 Å². The average molecular weight is 495 g/mol. The Hall–Kier alpha value is -2.25. The number of rotatable bonds is 11. The highest BCUT2D eigenvalue weighted by Gasteiger charge is 2.24. The molecule has 1 unspecified atom stereocenters. The van der Waals surface area contributed by atoms with Crippen LogP contribution < -0.4 is 10.0 Å². The molecule has 0 amide bonds. The van der Waals surface area contributed by atoms with Crippen molar-refractivity contribution in [3.8, 4) is 0 Å². The minimum atomic E-state index is -3.54. The Labute approximate surface area is 210 Å². The Morgan fingerprint density at radius 1 is 0.886 bits per heavy atom. The maximum absolute atomic E-state index is 13.0. The van der Waals surface area contributed by atoms with Crippen LogP contribution in [-0.4, -0.2) is 39.8 Å². The molecular weight excluding hydrogens is 456 g/mol. The summed E-state index contributed by atoms with van der Waals surface area (Å²) < 4.78 is 28.9. The number of sulfonamides is 1. The Morgan fingerprint density at radius 3 is 2.26 bits per heavy atom. The molecule has 0 heterocycles. The molecule has 188 valence electrons. The molecule has 3 aromatic carbocycles. The molecule has 1 saturated carbocycles. The van der Waals surface area contributed by atoms with E-state index in [1.807, 2.05) is 30.3 Å². The topological polar surface area (TPSA) is 78.4 Å². The van der Waals surface area contributed by atoms with Crippen molar-refractivity contribution >= 4 is 20.8 Å². The van der Waals surface area contributed by atoms with Gasteiger partial charge in [-0.1, -0.05) is 66.2 Å². The van der Waals surface area contributed by atoms with Crippen LogP contribution in [0.25, 0.3) is 10.8 Å². The van der Waals surface area contributed by atoms with E-state index in [2.05, 4.69) is 41.2 Å². The minimum Gasteiger partial charge on any atom is -0.396 e. The summed E-state index contributed by atoms with van der Waals surface area (Å²) in [5.74, 6) is 1.21. The van der Waals surface area contributed by atoms with Gasteiger partial charge in [0.2, 0.25) is 10.0 Å². The Morgan fingerprint density at radius 2 is 1.54 bits per heavy atom. The van der Waals surface area contributed by atoms with Crippen molar-refractivity contribution in [1.29, 1.82) is 0 Å². The Balaban J connectivity index is 1.19. The third-order valence-corrected chi connectivity index (χ3v) is 8.82. The maximum Gasteiger partial charge on any atom is 0.241 e. The Bertz CT molecular complexity index is 1180. The fourth-order valence-corrected chi connectivity index (χ4v) is 6.47. The zero-order chi connectivity index (χ0) is 24.7. The van der Waals surface area contributed by atoms with Crippen molar-refractivity contribution in [1.82, 2.24) is 10.0 Å². The predicted molar refractivity (Wildman–Crippen MR) is 143 cm³/mol. The van der Waals surface area contributed by atoms with Gasteiger partial charge < -0.3 is 10.4 Å². The van der Waals surface area contributed by atoms with Crippen LogP contribution >= 0.6 is 0 Å². The lowest BCUT2D eigenvalue weighted by Gasteiger charge is -2.29. The van der Waals surface area contributed by atoms with Crippen LogP contribution in [0, 0.1) is 24.7 Å². The maximum atomic E-state index is 13.0. The lowest BCUT2D eigenvalue weighted by atomic mass is 9.82. The Kier molecular flexibility index (Phi) is 8.95. The van der Waals surface area contributed by atoms with Gasteiger partial charge in [-0.15, -0.1) is 0 Å². The van der Waals surface area contributed by atoms with Gasteiger partial charge in [-0.3, -0.25) is 0 Å². The molecule has 0 aliphatic heterocycles. The predicted octanol–water partition coefficient (Wildman–Crippen LogP) is 4.67. The molecule has 0 spiro atoms. The van der Waals surface area contributed by atoms with E-state index in [4.69, 9.17) is 0 Å². The molecule has 1 aliphatic rings. The normalized spacial score (nSPS) is 19.6. The van der Waals surface area contributed by atoms with Gasteiger partial charge in [0.1, 0.15) is 0 Å². The first-order valence-electron chi connectivity index (χ1n) is 12.8.